The highest BCUT2D eigenvalue weighted by atomic mass is 14.9. The van der Waals surface area contributed by atoms with Crippen LogP contribution in [0.1, 0.15) is 72.3 Å². The van der Waals surface area contributed by atoms with Crippen LogP contribution in [0.2, 0.25) is 0 Å². The smallest absolute Gasteiger partial charge is 0.201 e. The van der Waals surface area contributed by atoms with E-state index in [1.54, 1.807) is 0 Å². The monoisotopic (exact) mass is 1030 g/mol. The van der Waals surface area contributed by atoms with Crippen LogP contribution in [0.3, 0.4) is 0 Å². The molecule has 0 bridgehead atoms. The van der Waals surface area contributed by atoms with Gasteiger partial charge < -0.3 is 0 Å². The van der Waals surface area contributed by atoms with E-state index >= 15 is 0 Å². The first-order valence-corrected chi connectivity index (χ1v) is 27.3. The van der Waals surface area contributed by atoms with Gasteiger partial charge >= 0.3 is 0 Å². The van der Waals surface area contributed by atoms with E-state index in [1.807, 2.05) is 6.07 Å². The summed E-state index contributed by atoms with van der Waals surface area (Å²) >= 11 is 0. The molecule has 0 saturated heterocycles. The summed E-state index contributed by atoms with van der Waals surface area (Å²) in [5.41, 5.74) is 30.1. The zero-order valence-corrected chi connectivity index (χ0v) is 50.2. The highest BCUT2D eigenvalue weighted by molar-refractivity contribution is 5.65. The van der Waals surface area contributed by atoms with Crippen molar-refractivity contribution in [2.75, 3.05) is 0 Å². The van der Waals surface area contributed by atoms with Gasteiger partial charge in [0.05, 0.1) is 0 Å². The summed E-state index contributed by atoms with van der Waals surface area (Å²) in [7, 11) is 10.5. The Morgan fingerprint density at radius 1 is 0.205 bits per heavy atom. The van der Waals surface area contributed by atoms with Gasteiger partial charge in [0.1, 0.15) is 35.2 Å². The van der Waals surface area contributed by atoms with Crippen LogP contribution in [0.4, 0.5) is 0 Å². The number of nitrogens with zero attached hydrogens (tertiary/aromatic N) is 5. The van der Waals surface area contributed by atoms with Gasteiger partial charge in [0.25, 0.3) is 0 Å². The van der Waals surface area contributed by atoms with E-state index in [0.29, 0.717) is 0 Å². The van der Waals surface area contributed by atoms with E-state index in [4.69, 9.17) is 0 Å². The van der Waals surface area contributed by atoms with Crippen molar-refractivity contribution in [1.82, 2.24) is 0 Å². The molecular formula is C73H86N5+5. The number of pyridine rings is 5. The Bertz CT molecular complexity index is 3580. The van der Waals surface area contributed by atoms with Crippen molar-refractivity contribution >= 4 is 0 Å². The molecule has 5 heterocycles. The fourth-order valence-electron chi connectivity index (χ4n) is 9.94. The zero-order chi connectivity index (χ0) is 56.8. The van der Waals surface area contributed by atoms with Gasteiger partial charge in [-0.1, -0.05) is 90.0 Å². The molecule has 5 aromatic heterocycles. The van der Waals surface area contributed by atoms with Crippen LogP contribution in [0.5, 0.6) is 0 Å². The Morgan fingerprint density at radius 3 is 0.872 bits per heavy atom. The Kier molecular flexibility index (Phi) is 20.6. The molecule has 0 radical (unpaired) electrons. The Hall–Kier alpha value is -8.15. The maximum Gasteiger partial charge on any atom is 0.212 e. The highest BCUT2D eigenvalue weighted by Gasteiger charge is 2.17. The Labute approximate surface area is 469 Å². The van der Waals surface area contributed by atoms with Crippen LogP contribution in [0.25, 0.3) is 56.3 Å². The molecule has 0 N–H and O–H groups in total. The zero-order valence-electron chi connectivity index (χ0n) is 50.2. The van der Waals surface area contributed by atoms with E-state index in [9.17, 15) is 0 Å². The number of rotatable bonds is 5. The van der Waals surface area contributed by atoms with Crippen molar-refractivity contribution in [3.63, 3.8) is 0 Å². The highest BCUT2D eigenvalue weighted by Crippen LogP contribution is 2.25. The normalized spacial score (nSPS) is 10.4. The van der Waals surface area contributed by atoms with Gasteiger partial charge in [0.15, 0.2) is 31.0 Å². The average Bonchev–Trinajstić information content (AvgIpc) is 3.41. The third-order valence-corrected chi connectivity index (χ3v) is 14.7. The molecule has 398 valence electrons. The largest absolute Gasteiger partial charge is 0.212 e. The molecule has 5 heteroatoms. The van der Waals surface area contributed by atoms with Crippen molar-refractivity contribution < 1.29 is 22.8 Å². The first kappa shape index (κ1) is 59.1. The summed E-state index contributed by atoms with van der Waals surface area (Å²) in [5.74, 6) is 0. The molecule has 0 amide bonds. The van der Waals surface area contributed by atoms with Gasteiger partial charge in [-0.2, -0.15) is 0 Å². The minimum atomic E-state index is 1.26. The van der Waals surface area contributed by atoms with Crippen LogP contribution in [0.15, 0.2) is 195 Å². The summed E-state index contributed by atoms with van der Waals surface area (Å²) in [6.45, 7) is 27.9. The average molecular weight is 1030 g/mol. The predicted molar refractivity (Wildman–Crippen MR) is 327 cm³/mol. The lowest BCUT2D eigenvalue weighted by Gasteiger charge is -2.07. The number of benzene rings is 5. The molecule has 5 nitrogen and oxygen atoms in total. The van der Waals surface area contributed by atoms with Crippen LogP contribution in [-0.2, 0) is 35.2 Å². The standard InChI is InChI=1S/C16H20N.2C15H18N.C14H16N.C13H14N/c1-11-6-7-15(13(3)8-11)16-9-12(2)14(4)10-17(16)5;1-11-5-7-14(13(3)9-11)15-8-6-12(2)10-16(15)4;1-11-7-5-6-8-14(11)15-9-12(2)13(3)10-16(15)4;1-11-8-9-14(15(3)10-11)13-7-5-4-6-12(13)2;1-11-7-3-4-8-12(11)13-9-5-6-10-14(13)2/h6-10H,1-5H3;2*5-10H,1-4H3;4-10H,1-3H3;3-10H,1-2H3/q5*+1. The third-order valence-electron chi connectivity index (χ3n) is 14.7. The minimum Gasteiger partial charge on any atom is -0.201 e. The number of hydrogen-bond donors (Lipinski definition) is 0. The van der Waals surface area contributed by atoms with Crippen LogP contribution < -0.4 is 22.8 Å². The van der Waals surface area contributed by atoms with Crippen LogP contribution >= 0.6 is 0 Å². The molecule has 5 aromatic carbocycles. The van der Waals surface area contributed by atoms with Gasteiger partial charge in [0.2, 0.25) is 28.5 Å². The predicted octanol–water partition coefficient (Wildman–Crippen LogP) is 14.9. The van der Waals surface area contributed by atoms with E-state index in [2.05, 4.69) is 337 Å². The second-order valence-electron chi connectivity index (χ2n) is 21.5. The summed E-state index contributed by atoms with van der Waals surface area (Å²) in [6.07, 6.45) is 10.8. The number of aromatic nitrogens is 5. The van der Waals surface area contributed by atoms with Crippen LogP contribution in [0, 0.1) is 90.0 Å². The van der Waals surface area contributed by atoms with E-state index < -0.39 is 0 Å². The van der Waals surface area contributed by atoms with Crippen molar-refractivity contribution in [1.29, 1.82) is 0 Å². The molecule has 0 saturated carbocycles. The summed E-state index contributed by atoms with van der Waals surface area (Å²) < 4.78 is 10.9. The fraction of sp³-hybridized carbons (Fsp3) is 0.247. The molecule has 0 atom stereocenters. The lowest BCUT2D eigenvalue weighted by Crippen LogP contribution is -2.31. The first-order valence-electron chi connectivity index (χ1n) is 27.3. The number of hydrogen-bond acceptors (Lipinski definition) is 0. The van der Waals surface area contributed by atoms with Crippen molar-refractivity contribution in [2.24, 2.45) is 35.2 Å². The maximum absolute atomic E-state index is 2.27. The second-order valence-corrected chi connectivity index (χ2v) is 21.5. The molecule has 0 spiro atoms. The first-order chi connectivity index (χ1) is 37.1. The molecule has 0 unspecified atom stereocenters. The quantitative estimate of drug-likeness (QED) is 0.153. The van der Waals surface area contributed by atoms with Gasteiger partial charge in [-0.05, 0) is 177 Å². The topological polar surface area (TPSA) is 19.4 Å². The summed E-state index contributed by atoms with van der Waals surface area (Å²) in [4.78, 5) is 0. The van der Waals surface area contributed by atoms with Gasteiger partial charge in [-0.3, -0.25) is 0 Å². The lowest BCUT2D eigenvalue weighted by atomic mass is 10.0. The molecule has 78 heavy (non-hydrogen) atoms. The third kappa shape index (κ3) is 15.5. The van der Waals surface area contributed by atoms with Gasteiger partial charge in [0, 0.05) is 86.5 Å². The SMILES string of the molecule is Cc1cc(-c2ccccc2C)[n+](C)cc1C.Cc1ccc(-c2cc(C)c(C)c[n+]2C)c(C)c1.Cc1ccc(-c2ccc(C)c[n+]2C)c(C)c1.Cc1ccc(-c2ccccc2C)[n+](C)c1.Cc1ccccc1-c1cccc[n+]1C. The lowest BCUT2D eigenvalue weighted by molar-refractivity contribution is -0.660. The summed E-state index contributed by atoms with van der Waals surface area (Å²) in [6, 6.07) is 58.1. The molecule has 10 aromatic rings. The second kappa shape index (κ2) is 27.2. The van der Waals surface area contributed by atoms with E-state index in [1.165, 1.54) is 129 Å². The molecule has 0 aliphatic heterocycles. The van der Waals surface area contributed by atoms with Crippen LogP contribution in [-0.4, -0.2) is 0 Å². The minimum absolute atomic E-state index is 1.26. The summed E-state index contributed by atoms with van der Waals surface area (Å²) in [5, 5.41) is 0. The van der Waals surface area contributed by atoms with Gasteiger partial charge in [-0.15, -0.1) is 0 Å². The Morgan fingerprint density at radius 2 is 0.513 bits per heavy atom. The molecular weight excluding hydrogens is 947 g/mol. The van der Waals surface area contributed by atoms with E-state index in [0.717, 1.165) is 0 Å². The number of aryl methyl sites for hydroxylation is 18. The maximum atomic E-state index is 2.27. The van der Waals surface area contributed by atoms with E-state index in [-0.39, 0.29) is 0 Å². The van der Waals surface area contributed by atoms with Crippen molar-refractivity contribution in [3.8, 4) is 56.3 Å². The molecule has 0 aliphatic rings. The molecule has 0 aliphatic carbocycles. The van der Waals surface area contributed by atoms with Gasteiger partial charge in [-0.25, -0.2) is 22.8 Å². The van der Waals surface area contributed by atoms with Crippen molar-refractivity contribution in [2.45, 2.75) is 90.0 Å². The molecule has 0 fully saturated rings. The fourth-order valence-corrected chi connectivity index (χ4v) is 9.94. The van der Waals surface area contributed by atoms with Crippen molar-refractivity contribution in [3.05, 3.63) is 267 Å². The molecule has 10 rings (SSSR count). The Balaban J connectivity index is 0.000000158.